The van der Waals surface area contributed by atoms with E-state index >= 15 is 0 Å². The molecule has 0 saturated carbocycles. The summed E-state index contributed by atoms with van der Waals surface area (Å²) in [6.45, 7) is 2.36. The first kappa shape index (κ1) is 24.4. The third kappa shape index (κ3) is 5.74. The predicted octanol–water partition coefficient (Wildman–Crippen LogP) is -0.741. The van der Waals surface area contributed by atoms with Crippen molar-refractivity contribution >= 4 is 35.9 Å². The fourth-order valence-electron chi connectivity index (χ4n) is 4.28. The minimum Gasteiger partial charge on any atom is -0.392 e. The maximum absolute atomic E-state index is 9.66. The smallest absolute Gasteiger partial charge is 0.233 e. The Hall–Kier alpha value is -2.28. The minimum absolute atomic E-state index is 0. The van der Waals surface area contributed by atoms with E-state index in [1.165, 1.54) is 0 Å². The van der Waals surface area contributed by atoms with Crippen molar-refractivity contribution in [1.82, 2.24) is 15.0 Å². The summed E-state index contributed by atoms with van der Waals surface area (Å²) in [6.07, 6.45) is 1.53. The molecule has 32 heavy (non-hydrogen) atoms. The van der Waals surface area contributed by atoms with E-state index in [9.17, 15) is 5.11 Å². The number of nitrogens with zero attached hydrogens (tertiary/aromatic N) is 5. The molecule has 0 bridgehead atoms. The highest BCUT2D eigenvalue weighted by molar-refractivity contribution is 5.85. The summed E-state index contributed by atoms with van der Waals surface area (Å²) >= 11 is 0. The maximum Gasteiger partial charge on any atom is 0.233 e. The van der Waals surface area contributed by atoms with Crippen LogP contribution in [0.1, 0.15) is 18.4 Å². The molecule has 0 amide bonds. The molecule has 0 radical (unpaired) electrons. The number of nitrogens with one attached hydrogen (secondary N) is 1. The van der Waals surface area contributed by atoms with Crippen molar-refractivity contribution in [3.63, 3.8) is 0 Å². The van der Waals surface area contributed by atoms with Gasteiger partial charge < -0.3 is 43.2 Å². The second kappa shape index (κ2) is 10.6. The average Bonchev–Trinajstić information content (AvgIpc) is 2.72. The van der Waals surface area contributed by atoms with Crippen LogP contribution in [-0.4, -0.2) is 70.4 Å². The highest BCUT2D eigenvalue weighted by Gasteiger charge is 2.28. The molecule has 0 aliphatic carbocycles. The number of aromatic nitrogens is 3. The average molecular weight is 465 g/mol. The third-order valence-corrected chi connectivity index (χ3v) is 5.64. The number of piperidine rings is 2. The van der Waals surface area contributed by atoms with Gasteiger partial charge in [0.2, 0.25) is 17.8 Å². The van der Waals surface area contributed by atoms with Crippen molar-refractivity contribution in [3.8, 4) is 0 Å². The summed E-state index contributed by atoms with van der Waals surface area (Å²) in [5.41, 5.74) is 26.2. The lowest BCUT2D eigenvalue weighted by atomic mass is 10.0. The van der Waals surface area contributed by atoms with Gasteiger partial charge >= 0.3 is 0 Å². The molecule has 3 heterocycles. The highest BCUT2D eigenvalue weighted by Crippen LogP contribution is 2.25. The molecule has 12 heteroatoms. The van der Waals surface area contributed by atoms with E-state index in [0.29, 0.717) is 44.0 Å². The van der Waals surface area contributed by atoms with Crippen molar-refractivity contribution in [1.29, 1.82) is 0 Å². The van der Waals surface area contributed by atoms with Gasteiger partial charge in [0.25, 0.3) is 0 Å². The summed E-state index contributed by atoms with van der Waals surface area (Å²) in [4.78, 5) is 18.0. The van der Waals surface area contributed by atoms with Gasteiger partial charge in [-0.15, -0.1) is 12.4 Å². The highest BCUT2D eigenvalue weighted by atomic mass is 35.5. The number of rotatable bonds is 5. The lowest BCUT2D eigenvalue weighted by Gasteiger charge is -2.37. The van der Waals surface area contributed by atoms with Crippen LogP contribution in [0.5, 0.6) is 0 Å². The Kier molecular flexibility index (Phi) is 8.04. The molecule has 2 fully saturated rings. The predicted molar refractivity (Wildman–Crippen MR) is 128 cm³/mol. The van der Waals surface area contributed by atoms with Gasteiger partial charge in [-0.05, 0) is 18.9 Å². The lowest BCUT2D eigenvalue weighted by molar-refractivity contribution is 0.282. The molecule has 176 valence electrons. The van der Waals surface area contributed by atoms with Crippen LogP contribution in [0.3, 0.4) is 0 Å². The van der Waals surface area contributed by atoms with Crippen LogP contribution in [0.15, 0.2) is 24.3 Å². The summed E-state index contributed by atoms with van der Waals surface area (Å²) in [5, 5.41) is 12.9. The van der Waals surface area contributed by atoms with Gasteiger partial charge in [0.1, 0.15) is 0 Å². The molecule has 10 N–H and O–H groups in total. The van der Waals surface area contributed by atoms with Gasteiger partial charge in [-0.3, -0.25) is 0 Å². The Morgan fingerprint density at radius 3 is 1.75 bits per heavy atom. The van der Waals surface area contributed by atoms with Crippen LogP contribution >= 0.6 is 12.4 Å². The largest absolute Gasteiger partial charge is 0.392 e. The lowest BCUT2D eigenvalue weighted by Crippen LogP contribution is -2.54. The minimum atomic E-state index is -0.0976. The molecule has 0 spiro atoms. The SMILES string of the molecule is Cl.N[C@@H]1C[C@H](N)CN(c2nc(Nc3ccccc3CO)nc(N3C[C@H](N)C[C@H](N)C3)n2)C1. The van der Waals surface area contributed by atoms with Crippen molar-refractivity contribution < 1.29 is 5.11 Å². The molecular formula is C20H33ClN10O. The summed E-state index contributed by atoms with van der Waals surface area (Å²) < 4.78 is 0. The monoisotopic (exact) mass is 464 g/mol. The summed E-state index contributed by atoms with van der Waals surface area (Å²) in [6, 6.07) is 7.27. The number of halogens is 1. The Labute approximate surface area is 194 Å². The molecule has 0 unspecified atom stereocenters. The van der Waals surface area contributed by atoms with Gasteiger partial charge in [0.15, 0.2) is 0 Å². The van der Waals surface area contributed by atoms with Crippen LogP contribution in [-0.2, 0) is 6.61 Å². The molecule has 2 aromatic rings. The molecular weight excluding hydrogens is 432 g/mol. The summed E-state index contributed by atoms with van der Waals surface area (Å²) in [5.74, 6) is 1.39. The van der Waals surface area contributed by atoms with E-state index in [-0.39, 0.29) is 43.2 Å². The van der Waals surface area contributed by atoms with Gasteiger partial charge in [0, 0.05) is 61.6 Å². The number of benzene rings is 1. The molecule has 4 rings (SSSR count). The van der Waals surface area contributed by atoms with E-state index in [1.807, 2.05) is 34.1 Å². The Balaban J connectivity index is 0.00000289. The second-order valence-electron chi connectivity index (χ2n) is 8.52. The van der Waals surface area contributed by atoms with E-state index in [2.05, 4.69) is 15.3 Å². The Morgan fingerprint density at radius 2 is 1.28 bits per heavy atom. The van der Waals surface area contributed by atoms with E-state index in [1.54, 1.807) is 0 Å². The molecule has 2 saturated heterocycles. The van der Waals surface area contributed by atoms with Crippen LogP contribution in [0.25, 0.3) is 0 Å². The zero-order valence-corrected chi connectivity index (χ0v) is 18.8. The van der Waals surface area contributed by atoms with Crippen molar-refractivity contribution in [2.24, 2.45) is 22.9 Å². The maximum atomic E-state index is 9.66. The van der Waals surface area contributed by atoms with Crippen molar-refractivity contribution in [2.75, 3.05) is 41.3 Å². The second-order valence-corrected chi connectivity index (χ2v) is 8.52. The molecule has 1 aromatic heterocycles. The number of hydrogen-bond acceptors (Lipinski definition) is 11. The third-order valence-electron chi connectivity index (χ3n) is 5.64. The Morgan fingerprint density at radius 1 is 0.812 bits per heavy atom. The first-order valence-electron chi connectivity index (χ1n) is 10.7. The van der Waals surface area contributed by atoms with Gasteiger partial charge in [-0.25, -0.2) is 0 Å². The first-order valence-corrected chi connectivity index (χ1v) is 10.7. The van der Waals surface area contributed by atoms with E-state index in [0.717, 1.165) is 24.1 Å². The van der Waals surface area contributed by atoms with Gasteiger partial charge in [0.05, 0.1) is 6.61 Å². The molecule has 1 aromatic carbocycles. The molecule has 11 nitrogen and oxygen atoms in total. The fourth-order valence-corrected chi connectivity index (χ4v) is 4.28. The van der Waals surface area contributed by atoms with Crippen LogP contribution in [0.4, 0.5) is 23.5 Å². The first-order chi connectivity index (χ1) is 14.9. The van der Waals surface area contributed by atoms with E-state index in [4.69, 9.17) is 27.9 Å². The van der Waals surface area contributed by atoms with Crippen molar-refractivity contribution in [2.45, 2.75) is 43.6 Å². The normalized spacial score (nSPS) is 25.9. The standard InChI is InChI=1S/C20H32N10O.ClH/c21-13-5-14(22)8-29(7-13)19-26-18(25-17-4-2-1-3-12(17)11-31)27-20(28-19)30-9-15(23)6-16(24)10-30;/h1-4,13-16,31H,5-11,21-24H2,(H,25,26,27,28);1H/t13-,14+,15-,16+;. The van der Waals surface area contributed by atoms with Crippen molar-refractivity contribution in [3.05, 3.63) is 29.8 Å². The molecule has 2 aliphatic heterocycles. The topological polar surface area (TPSA) is 181 Å². The number of hydrogen-bond donors (Lipinski definition) is 6. The Bertz CT molecular complexity index is 838. The van der Waals surface area contributed by atoms with Crippen LogP contribution < -0.4 is 38.1 Å². The zero-order valence-electron chi connectivity index (χ0n) is 18.0. The number of aliphatic hydroxyl groups is 1. The summed E-state index contributed by atoms with van der Waals surface area (Å²) in [7, 11) is 0. The zero-order chi connectivity index (χ0) is 22.0. The van der Waals surface area contributed by atoms with Crippen LogP contribution in [0, 0.1) is 0 Å². The van der Waals surface area contributed by atoms with Crippen LogP contribution in [0.2, 0.25) is 0 Å². The van der Waals surface area contributed by atoms with Gasteiger partial charge in [-0.1, -0.05) is 18.2 Å². The number of para-hydroxylation sites is 1. The van der Waals surface area contributed by atoms with E-state index < -0.39 is 0 Å². The number of anilines is 4. The quantitative estimate of drug-likeness (QED) is 0.327. The number of aliphatic hydroxyl groups excluding tert-OH is 1. The fraction of sp³-hybridized carbons (Fsp3) is 0.550. The number of nitrogens with two attached hydrogens (primary N) is 4. The van der Waals surface area contributed by atoms with Gasteiger partial charge in [-0.2, -0.15) is 15.0 Å². The molecule has 2 aliphatic rings. The molecule has 4 atom stereocenters.